The standard InChI is InChI=1S/C16H25NO/c1-12(2)13-6-8-14(9-7-13)15(17-4)16(3)10-5-11-18-16/h6-9,12,15,17H,5,10-11H2,1-4H3. The molecule has 0 saturated carbocycles. The number of hydrogen-bond acceptors (Lipinski definition) is 2. The lowest BCUT2D eigenvalue weighted by atomic mass is 9.87. The van der Waals surface area contributed by atoms with Crippen molar-refractivity contribution < 1.29 is 4.74 Å². The van der Waals surface area contributed by atoms with Crippen LogP contribution in [0.15, 0.2) is 24.3 Å². The van der Waals surface area contributed by atoms with Crippen LogP contribution >= 0.6 is 0 Å². The molecule has 1 aromatic carbocycles. The highest BCUT2D eigenvalue weighted by atomic mass is 16.5. The van der Waals surface area contributed by atoms with Crippen LogP contribution in [-0.2, 0) is 4.74 Å². The molecular formula is C16H25NO. The van der Waals surface area contributed by atoms with Gasteiger partial charge in [-0.15, -0.1) is 0 Å². The van der Waals surface area contributed by atoms with Gasteiger partial charge in [0.05, 0.1) is 11.6 Å². The van der Waals surface area contributed by atoms with Crippen molar-refractivity contribution in [2.24, 2.45) is 0 Å². The SMILES string of the molecule is CNC(c1ccc(C(C)C)cc1)C1(C)CCCO1. The van der Waals surface area contributed by atoms with Crippen molar-refractivity contribution in [3.8, 4) is 0 Å². The first kappa shape index (κ1) is 13.6. The van der Waals surface area contributed by atoms with E-state index in [1.54, 1.807) is 0 Å². The van der Waals surface area contributed by atoms with Crippen molar-refractivity contribution in [3.63, 3.8) is 0 Å². The number of hydrogen-bond donors (Lipinski definition) is 1. The van der Waals surface area contributed by atoms with Gasteiger partial charge in [0.2, 0.25) is 0 Å². The molecule has 0 aromatic heterocycles. The Kier molecular flexibility index (Phi) is 4.08. The Bertz CT molecular complexity index is 377. The quantitative estimate of drug-likeness (QED) is 0.877. The average Bonchev–Trinajstić information content (AvgIpc) is 2.78. The molecule has 0 bridgehead atoms. The van der Waals surface area contributed by atoms with E-state index in [1.165, 1.54) is 17.5 Å². The van der Waals surface area contributed by atoms with Gasteiger partial charge in [-0.05, 0) is 43.9 Å². The fourth-order valence-corrected chi connectivity index (χ4v) is 2.93. The monoisotopic (exact) mass is 247 g/mol. The zero-order valence-corrected chi connectivity index (χ0v) is 12.0. The topological polar surface area (TPSA) is 21.3 Å². The van der Waals surface area contributed by atoms with Gasteiger partial charge in [0.25, 0.3) is 0 Å². The molecule has 2 rings (SSSR count). The first-order valence-electron chi connectivity index (χ1n) is 6.98. The lowest BCUT2D eigenvalue weighted by molar-refractivity contribution is -0.0104. The van der Waals surface area contributed by atoms with Gasteiger partial charge < -0.3 is 10.1 Å². The minimum absolute atomic E-state index is 0.0614. The van der Waals surface area contributed by atoms with Crippen molar-refractivity contribution in [3.05, 3.63) is 35.4 Å². The van der Waals surface area contributed by atoms with Gasteiger partial charge in [-0.1, -0.05) is 38.1 Å². The summed E-state index contributed by atoms with van der Waals surface area (Å²) in [5, 5.41) is 3.42. The molecular weight excluding hydrogens is 222 g/mol. The minimum atomic E-state index is -0.0614. The molecule has 2 atom stereocenters. The highest BCUT2D eigenvalue weighted by Crippen LogP contribution is 2.37. The van der Waals surface area contributed by atoms with Gasteiger partial charge in [0, 0.05) is 6.61 Å². The summed E-state index contributed by atoms with van der Waals surface area (Å²) < 4.78 is 5.96. The molecule has 2 unspecified atom stereocenters. The second-order valence-corrected chi connectivity index (χ2v) is 5.81. The van der Waals surface area contributed by atoms with Crippen molar-refractivity contribution in [2.45, 2.75) is 51.2 Å². The highest BCUT2D eigenvalue weighted by Gasteiger charge is 2.38. The van der Waals surface area contributed by atoms with E-state index >= 15 is 0 Å². The second kappa shape index (κ2) is 5.41. The fraction of sp³-hybridized carbons (Fsp3) is 0.625. The summed E-state index contributed by atoms with van der Waals surface area (Å²) in [5.74, 6) is 0.588. The van der Waals surface area contributed by atoms with Crippen LogP contribution in [0.4, 0.5) is 0 Å². The van der Waals surface area contributed by atoms with E-state index < -0.39 is 0 Å². The molecule has 1 saturated heterocycles. The van der Waals surface area contributed by atoms with E-state index in [4.69, 9.17) is 4.74 Å². The molecule has 1 aromatic rings. The summed E-state index contributed by atoms with van der Waals surface area (Å²) in [7, 11) is 2.02. The van der Waals surface area contributed by atoms with Gasteiger partial charge in [-0.2, -0.15) is 0 Å². The lowest BCUT2D eigenvalue weighted by Gasteiger charge is -2.33. The first-order chi connectivity index (χ1) is 8.57. The summed E-state index contributed by atoms with van der Waals surface area (Å²) in [4.78, 5) is 0. The summed E-state index contributed by atoms with van der Waals surface area (Å²) in [6.07, 6.45) is 2.29. The predicted octanol–water partition coefficient (Wildman–Crippen LogP) is 3.64. The van der Waals surface area contributed by atoms with Crippen LogP contribution < -0.4 is 5.32 Å². The third-order valence-electron chi connectivity index (χ3n) is 4.09. The molecule has 100 valence electrons. The van der Waals surface area contributed by atoms with Crippen LogP contribution in [0.2, 0.25) is 0 Å². The Hall–Kier alpha value is -0.860. The second-order valence-electron chi connectivity index (χ2n) is 5.81. The zero-order chi connectivity index (χ0) is 13.2. The largest absolute Gasteiger partial charge is 0.373 e. The van der Waals surface area contributed by atoms with Gasteiger partial charge in [0.1, 0.15) is 0 Å². The van der Waals surface area contributed by atoms with E-state index in [0.717, 1.165) is 13.0 Å². The number of rotatable bonds is 4. The third kappa shape index (κ3) is 2.60. The molecule has 18 heavy (non-hydrogen) atoms. The Labute approximate surface area is 111 Å². The summed E-state index contributed by atoms with van der Waals surface area (Å²) >= 11 is 0. The Balaban J connectivity index is 2.22. The molecule has 0 amide bonds. The number of ether oxygens (including phenoxy) is 1. The molecule has 1 aliphatic heterocycles. The maximum absolute atomic E-state index is 5.96. The molecule has 0 radical (unpaired) electrons. The van der Waals surface area contributed by atoms with Crippen molar-refractivity contribution in [1.29, 1.82) is 0 Å². The van der Waals surface area contributed by atoms with Gasteiger partial charge in [0.15, 0.2) is 0 Å². The van der Waals surface area contributed by atoms with E-state index in [-0.39, 0.29) is 11.6 Å². The van der Waals surface area contributed by atoms with Crippen LogP contribution in [0.5, 0.6) is 0 Å². The van der Waals surface area contributed by atoms with Gasteiger partial charge >= 0.3 is 0 Å². The smallest absolute Gasteiger partial charge is 0.0849 e. The number of benzene rings is 1. The maximum Gasteiger partial charge on any atom is 0.0849 e. The molecule has 0 spiro atoms. The normalized spacial score (nSPS) is 25.6. The Morgan fingerprint density at radius 3 is 2.22 bits per heavy atom. The van der Waals surface area contributed by atoms with E-state index in [1.807, 2.05) is 7.05 Å². The maximum atomic E-state index is 5.96. The third-order valence-corrected chi connectivity index (χ3v) is 4.09. The van der Waals surface area contributed by atoms with Gasteiger partial charge in [-0.3, -0.25) is 0 Å². The van der Waals surface area contributed by atoms with Crippen molar-refractivity contribution >= 4 is 0 Å². The zero-order valence-electron chi connectivity index (χ0n) is 12.0. The van der Waals surface area contributed by atoms with Crippen molar-refractivity contribution in [2.75, 3.05) is 13.7 Å². The Morgan fingerprint density at radius 2 is 1.78 bits per heavy atom. The molecule has 1 fully saturated rings. The van der Waals surface area contributed by atoms with E-state index in [2.05, 4.69) is 50.4 Å². The molecule has 2 nitrogen and oxygen atoms in total. The first-order valence-corrected chi connectivity index (χ1v) is 6.98. The average molecular weight is 247 g/mol. The predicted molar refractivity (Wildman–Crippen MR) is 75.9 cm³/mol. The van der Waals surface area contributed by atoms with E-state index in [9.17, 15) is 0 Å². The molecule has 1 N–H and O–H groups in total. The minimum Gasteiger partial charge on any atom is -0.373 e. The molecule has 2 heteroatoms. The summed E-state index contributed by atoms with van der Waals surface area (Å²) in [6.45, 7) is 7.56. The summed E-state index contributed by atoms with van der Waals surface area (Å²) in [6, 6.07) is 9.24. The van der Waals surface area contributed by atoms with Crippen LogP contribution in [-0.4, -0.2) is 19.3 Å². The van der Waals surface area contributed by atoms with Gasteiger partial charge in [-0.25, -0.2) is 0 Å². The molecule has 1 heterocycles. The number of likely N-dealkylation sites (N-methyl/N-ethyl adjacent to an activating group) is 1. The molecule has 0 aliphatic carbocycles. The highest BCUT2D eigenvalue weighted by molar-refractivity contribution is 5.28. The van der Waals surface area contributed by atoms with Crippen LogP contribution in [0, 0.1) is 0 Å². The number of nitrogens with one attached hydrogen (secondary N) is 1. The van der Waals surface area contributed by atoms with Crippen molar-refractivity contribution in [1.82, 2.24) is 5.32 Å². The van der Waals surface area contributed by atoms with Crippen LogP contribution in [0.25, 0.3) is 0 Å². The van der Waals surface area contributed by atoms with E-state index in [0.29, 0.717) is 5.92 Å². The molecule has 1 aliphatic rings. The van der Waals surface area contributed by atoms with Crippen LogP contribution in [0.1, 0.15) is 56.7 Å². The summed E-state index contributed by atoms with van der Waals surface area (Å²) in [5.41, 5.74) is 2.66. The fourth-order valence-electron chi connectivity index (χ4n) is 2.93. The Morgan fingerprint density at radius 1 is 1.17 bits per heavy atom. The van der Waals surface area contributed by atoms with Crippen LogP contribution in [0.3, 0.4) is 0 Å². The lowest BCUT2D eigenvalue weighted by Crippen LogP contribution is -2.39.